The summed E-state index contributed by atoms with van der Waals surface area (Å²) in [6.07, 6.45) is 1.31. The van der Waals surface area contributed by atoms with Gasteiger partial charge in [0.25, 0.3) is 5.91 Å². The predicted octanol–water partition coefficient (Wildman–Crippen LogP) is 3.40. The van der Waals surface area contributed by atoms with E-state index in [-0.39, 0.29) is 29.0 Å². The Bertz CT molecular complexity index is 919. The summed E-state index contributed by atoms with van der Waals surface area (Å²) in [5.74, 6) is -0.719. The molecule has 0 unspecified atom stereocenters. The number of nitrogens with one attached hydrogen (secondary N) is 1. The maximum Gasteiger partial charge on any atom is 0.356 e. The van der Waals surface area contributed by atoms with Crippen LogP contribution in [0.4, 0.5) is 0 Å². The van der Waals surface area contributed by atoms with Crippen LogP contribution in [0.2, 0.25) is 0 Å². The van der Waals surface area contributed by atoms with Gasteiger partial charge in [-0.3, -0.25) is 4.79 Å². The molecule has 1 aromatic heterocycles. The van der Waals surface area contributed by atoms with Gasteiger partial charge in [0.05, 0.1) is 25.8 Å². The molecule has 0 aliphatic carbocycles. The highest BCUT2D eigenvalue weighted by molar-refractivity contribution is 5.98. The Morgan fingerprint density at radius 2 is 1.50 bits per heavy atom. The van der Waals surface area contributed by atoms with Crippen LogP contribution in [0.5, 0.6) is 5.75 Å². The van der Waals surface area contributed by atoms with E-state index in [9.17, 15) is 9.59 Å². The van der Waals surface area contributed by atoms with E-state index in [1.807, 2.05) is 60.7 Å². The number of amides is 1. The molecule has 0 spiro atoms. The van der Waals surface area contributed by atoms with E-state index in [1.54, 1.807) is 0 Å². The minimum atomic E-state index is -0.600. The minimum Gasteiger partial charge on any atom is -0.496 e. The number of hydrogen-bond donors (Lipinski definition) is 1. The number of benzene rings is 2. The summed E-state index contributed by atoms with van der Waals surface area (Å²) < 4.78 is 9.94. The summed E-state index contributed by atoms with van der Waals surface area (Å²) in [4.78, 5) is 28.7. The molecule has 3 rings (SSSR count). The Kier molecular flexibility index (Phi) is 6.01. The van der Waals surface area contributed by atoms with Crippen molar-refractivity contribution in [1.82, 2.24) is 10.3 Å². The summed E-state index contributed by atoms with van der Waals surface area (Å²) in [6, 6.07) is 20.4. The van der Waals surface area contributed by atoms with Gasteiger partial charge >= 0.3 is 5.97 Å². The zero-order valence-electron chi connectivity index (χ0n) is 15.6. The molecule has 1 heterocycles. The summed E-state index contributed by atoms with van der Waals surface area (Å²) in [7, 11) is 2.69. The van der Waals surface area contributed by atoms with Crippen molar-refractivity contribution in [3.63, 3.8) is 0 Å². The van der Waals surface area contributed by atoms with Crippen molar-refractivity contribution >= 4 is 11.9 Å². The van der Waals surface area contributed by atoms with Gasteiger partial charge in [-0.1, -0.05) is 60.7 Å². The van der Waals surface area contributed by atoms with Crippen molar-refractivity contribution in [3.8, 4) is 5.75 Å². The van der Waals surface area contributed by atoms with Crippen molar-refractivity contribution in [2.45, 2.75) is 6.04 Å². The van der Waals surface area contributed by atoms with E-state index in [1.165, 1.54) is 26.5 Å². The molecule has 6 heteroatoms. The lowest BCUT2D eigenvalue weighted by Gasteiger charge is -2.20. The van der Waals surface area contributed by atoms with Crippen molar-refractivity contribution in [1.29, 1.82) is 0 Å². The van der Waals surface area contributed by atoms with Crippen LogP contribution < -0.4 is 10.1 Å². The first kappa shape index (κ1) is 19.1. The van der Waals surface area contributed by atoms with Crippen molar-refractivity contribution in [2.24, 2.45) is 0 Å². The third kappa shape index (κ3) is 4.17. The fraction of sp³-hybridized carbons (Fsp3) is 0.136. The number of rotatable bonds is 6. The Morgan fingerprint density at radius 1 is 0.929 bits per heavy atom. The highest BCUT2D eigenvalue weighted by atomic mass is 16.5. The van der Waals surface area contributed by atoms with Gasteiger partial charge in [-0.2, -0.15) is 0 Å². The summed E-state index contributed by atoms with van der Waals surface area (Å²) in [5, 5.41) is 3.03. The second-order valence-corrected chi connectivity index (χ2v) is 5.99. The molecule has 0 fully saturated rings. The second kappa shape index (κ2) is 8.81. The third-order valence-corrected chi connectivity index (χ3v) is 4.27. The highest BCUT2D eigenvalue weighted by Gasteiger charge is 2.21. The maximum atomic E-state index is 13.0. The smallest absolute Gasteiger partial charge is 0.356 e. The van der Waals surface area contributed by atoms with E-state index < -0.39 is 5.97 Å². The van der Waals surface area contributed by atoms with Gasteiger partial charge < -0.3 is 14.8 Å². The van der Waals surface area contributed by atoms with E-state index in [2.05, 4.69) is 15.0 Å². The fourth-order valence-electron chi connectivity index (χ4n) is 2.85. The van der Waals surface area contributed by atoms with Gasteiger partial charge in [0.15, 0.2) is 5.69 Å². The molecule has 0 saturated carbocycles. The number of ether oxygens (including phenoxy) is 2. The van der Waals surface area contributed by atoms with Crippen LogP contribution in [0.25, 0.3) is 0 Å². The molecule has 6 nitrogen and oxygen atoms in total. The number of nitrogens with zero attached hydrogens (tertiary/aromatic N) is 1. The van der Waals surface area contributed by atoms with Crippen LogP contribution in [0.1, 0.15) is 38.0 Å². The average Bonchev–Trinajstić information content (AvgIpc) is 2.77. The first-order chi connectivity index (χ1) is 13.6. The average molecular weight is 376 g/mol. The number of pyridine rings is 1. The zero-order valence-corrected chi connectivity index (χ0v) is 15.6. The van der Waals surface area contributed by atoms with Gasteiger partial charge in [-0.15, -0.1) is 0 Å². The lowest BCUT2D eigenvalue weighted by molar-refractivity contribution is 0.0593. The normalized spacial score (nSPS) is 10.4. The number of methoxy groups -OCH3 is 2. The molecule has 142 valence electrons. The van der Waals surface area contributed by atoms with Crippen LogP contribution in [-0.4, -0.2) is 31.1 Å². The first-order valence-electron chi connectivity index (χ1n) is 8.67. The molecule has 1 amide bonds. The second-order valence-electron chi connectivity index (χ2n) is 5.99. The van der Waals surface area contributed by atoms with E-state index in [0.717, 1.165) is 11.1 Å². The Balaban J connectivity index is 1.93. The molecular weight excluding hydrogens is 356 g/mol. The number of hydrogen-bond acceptors (Lipinski definition) is 5. The number of aromatic nitrogens is 1. The molecule has 0 atom stereocenters. The number of carbonyl (C=O) groups excluding carboxylic acids is 2. The standard InChI is InChI=1S/C22H20N2O4/c1-27-19-13-18(22(26)28-2)23-14-17(19)21(25)24-20(15-9-5-3-6-10-15)16-11-7-4-8-12-16/h3-14,20H,1-2H3,(H,24,25). The summed E-state index contributed by atoms with van der Waals surface area (Å²) >= 11 is 0. The van der Waals surface area contributed by atoms with Crippen LogP contribution in [-0.2, 0) is 4.74 Å². The maximum absolute atomic E-state index is 13.0. The molecule has 3 aromatic rings. The highest BCUT2D eigenvalue weighted by Crippen LogP contribution is 2.24. The zero-order chi connectivity index (χ0) is 19.9. The van der Waals surface area contributed by atoms with E-state index in [0.29, 0.717) is 0 Å². The van der Waals surface area contributed by atoms with Crippen molar-refractivity contribution < 1.29 is 19.1 Å². The van der Waals surface area contributed by atoms with Crippen LogP contribution >= 0.6 is 0 Å². The summed E-state index contributed by atoms with van der Waals surface area (Å²) in [6.45, 7) is 0. The molecule has 0 radical (unpaired) electrons. The predicted molar refractivity (Wildman–Crippen MR) is 104 cm³/mol. The van der Waals surface area contributed by atoms with Crippen LogP contribution in [0.3, 0.4) is 0 Å². The Labute approximate surface area is 163 Å². The quantitative estimate of drug-likeness (QED) is 0.667. The van der Waals surface area contributed by atoms with Gasteiger partial charge in [0.1, 0.15) is 5.75 Å². The van der Waals surface area contributed by atoms with E-state index >= 15 is 0 Å². The lowest BCUT2D eigenvalue weighted by atomic mass is 9.98. The summed E-state index contributed by atoms with van der Waals surface area (Å²) in [5.41, 5.74) is 2.19. The monoisotopic (exact) mass is 376 g/mol. The molecule has 28 heavy (non-hydrogen) atoms. The SMILES string of the molecule is COC(=O)c1cc(OC)c(C(=O)NC(c2ccccc2)c2ccccc2)cn1. The molecule has 0 saturated heterocycles. The van der Waals surface area contributed by atoms with Crippen molar-refractivity contribution in [2.75, 3.05) is 14.2 Å². The first-order valence-corrected chi connectivity index (χ1v) is 8.67. The largest absolute Gasteiger partial charge is 0.496 e. The van der Waals surface area contributed by atoms with E-state index in [4.69, 9.17) is 4.74 Å². The Morgan fingerprint density at radius 3 is 2.00 bits per heavy atom. The molecule has 0 aliphatic rings. The van der Waals surface area contributed by atoms with Gasteiger partial charge in [-0.05, 0) is 11.1 Å². The third-order valence-electron chi connectivity index (χ3n) is 4.27. The van der Waals surface area contributed by atoms with Gasteiger partial charge in [0.2, 0.25) is 0 Å². The molecule has 1 N–H and O–H groups in total. The van der Waals surface area contributed by atoms with Gasteiger partial charge in [-0.25, -0.2) is 9.78 Å². The Hall–Kier alpha value is -3.67. The van der Waals surface area contributed by atoms with Crippen LogP contribution in [0.15, 0.2) is 72.9 Å². The fourth-order valence-corrected chi connectivity index (χ4v) is 2.85. The molecule has 2 aromatic carbocycles. The molecule has 0 bridgehead atoms. The number of carbonyl (C=O) groups is 2. The lowest BCUT2D eigenvalue weighted by Crippen LogP contribution is -2.30. The number of esters is 1. The topological polar surface area (TPSA) is 77.5 Å². The van der Waals surface area contributed by atoms with Crippen LogP contribution in [0, 0.1) is 0 Å². The molecule has 0 aliphatic heterocycles. The minimum absolute atomic E-state index is 0.0681. The molecular formula is C22H20N2O4. The van der Waals surface area contributed by atoms with Gasteiger partial charge in [0, 0.05) is 12.3 Å². The van der Waals surface area contributed by atoms with Crippen molar-refractivity contribution in [3.05, 3.63) is 95.3 Å².